The summed E-state index contributed by atoms with van der Waals surface area (Å²) in [5.74, 6) is 1.53. The summed E-state index contributed by atoms with van der Waals surface area (Å²) >= 11 is 3.17. The number of rotatable bonds is 8. The van der Waals surface area contributed by atoms with Crippen LogP contribution in [0.2, 0.25) is 0 Å². The number of hydrogen-bond acceptors (Lipinski definition) is 5. The van der Waals surface area contributed by atoms with E-state index >= 15 is 0 Å². The van der Waals surface area contributed by atoms with Crippen LogP contribution in [0.25, 0.3) is 10.6 Å². The first kappa shape index (κ1) is 19.2. The van der Waals surface area contributed by atoms with Crippen molar-refractivity contribution in [2.45, 2.75) is 11.3 Å². The van der Waals surface area contributed by atoms with Crippen LogP contribution in [-0.4, -0.2) is 23.8 Å². The van der Waals surface area contributed by atoms with Gasteiger partial charge in [-0.05, 0) is 36.4 Å². The molecule has 0 radical (unpaired) electrons. The van der Waals surface area contributed by atoms with Gasteiger partial charge in [-0.1, -0.05) is 18.2 Å². The Morgan fingerprint density at radius 2 is 2.04 bits per heavy atom. The number of thioether (sulfide) groups is 1. The fraction of sp³-hybridized carbons (Fsp3) is 0.143. The summed E-state index contributed by atoms with van der Waals surface area (Å²) in [6.45, 7) is 3.74. The van der Waals surface area contributed by atoms with Crippen molar-refractivity contribution in [1.82, 2.24) is 4.98 Å². The Bertz CT molecular complexity index is 920. The van der Waals surface area contributed by atoms with Crippen molar-refractivity contribution in [2.24, 2.45) is 0 Å². The van der Waals surface area contributed by atoms with Crippen molar-refractivity contribution >= 4 is 34.7 Å². The lowest BCUT2D eigenvalue weighted by atomic mass is 10.2. The zero-order chi connectivity index (χ0) is 19.1. The number of aromatic nitrogens is 1. The monoisotopic (exact) mass is 396 g/mol. The highest BCUT2D eigenvalue weighted by Crippen LogP contribution is 2.28. The minimum Gasteiger partial charge on any atom is -0.497 e. The predicted molar refractivity (Wildman–Crippen MR) is 114 cm³/mol. The Morgan fingerprint density at radius 1 is 1.26 bits per heavy atom. The van der Waals surface area contributed by atoms with Gasteiger partial charge in [-0.3, -0.25) is 4.79 Å². The van der Waals surface area contributed by atoms with Crippen LogP contribution in [0.4, 0.5) is 5.69 Å². The zero-order valence-electron chi connectivity index (χ0n) is 15.0. The molecule has 0 aliphatic heterocycles. The Kier molecular flexibility index (Phi) is 6.68. The Morgan fingerprint density at radius 3 is 2.78 bits per heavy atom. The Labute approximate surface area is 167 Å². The quantitative estimate of drug-likeness (QED) is 0.416. The highest BCUT2D eigenvalue weighted by Gasteiger charge is 2.11. The number of thiazole rings is 1. The number of amides is 1. The molecule has 3 aromatic rings. The summed E-state index contributed by atoms with van der Waals surface area (Å²) in [7, 11) is 1.64. The van der Waals surface area contributed by atoms with Gasteiger partial charge in [-0.25, -0.2) is 4.98 Å². The third-order valence-electron chi connectivity index (χ3n) is 3.75. The number of hydrogen-bond donors (Lipinski definition) is 1. The number of anilines is 1. The van der Waals surface area contributed by atoms with Gasteiger partial charge in [0.1, 0.15) is 10.8 Å². The molecule has 1 N–H and O–H groups in total. The smallest absolute Gasteiger partial charge is 0.230 e. The summed E-state index contributed by atoms with van der Waals surface area (Å²) in [4.78, 5) is 18.1. The summed E-state index contributed by atoms with van der Waals surface area (Å²) in [6, 6.07) is 15.5. The number of methoxy groups -OCH3 is 1. The van der Waals surface area contributed by atoms with E-state index in [0.29, 0.717) is 0 Å². The maximum absolute atomic E-state index is 12.4. The summed E-state index contributed by atoms with van der Waals surface area (Å²) in [6.07, 6.45) is 2.09. The second kappa shape index (κ2) is 9.39. The third-order valence-corrected chi connectivity index (χ3v) is 5.76. The molecule has 0 unspecified atom stereocenters. The molecule has 0 atom stereocenters. The van der Waals surface area contributed by atoms with Crippen molar-refractivity contribution in [1.29, 1.82) is 0 Å². The molecule has 4 nitrogen and oxygen atoms in total. The first-order valence-corrected chi connectivity index (χ1v) is 10.3. The van der Waals surface area contributed by atoms with E-state index < -0.39 is 0 Å². The molecular formula is C21H20N2O2S2. The predicted octanol–water partition coefficient (Wildman–Crippen LogP) is 5.28. The van der Waals surface area contributed by atoms with Crippen LogP contribution in [0.3, 0.4) is 0 Å². The number of nitrogens with zero attached hydrogens (tertiary/aromatic N) is 1. The molecule has 0 aliphatic carbocycles. The fourth-order valence-corrected chi connectivity index (χ4v) is 4.03. The minimum absolute atomic E-state index is 0.0757. The standard InChI is InChI=1S/C21H20N2O2S2/c1-3-12-26-19-7-5-4-6-18(19)23-20(24)13-16-14-27-21(22-16)15-8-10-17(25-2)11-9-15/h3-11,14H,1,12-13H2,2H3,(H,23,24). The third kappa shape index (κ3) is 5.21. The van der Waals surface area contributed by atoms with Crippen LogP contribution in [0, 0.1) is 0 Å². The van der Waals surface area contributed by atoms with E-state index in [4.69, 9.17) is 4.74 Å². The van der Waals surface area contributed by atoms with E-state index in [1.54, 1.807) is 18.9 Å². The molecular weight excluding hydrogens is 376 g/mol. The lowest BCUT2D eigenvalue weighted by molar-refractivity contribution is -0.115. The number of benzene rings is 2. The summed E-state index contributed by atoms with van der Waals surface area (Å²) in [5.41, 5.74) is 2.60. The minimum atomic E-state index is -0.0757. The molecule has 0 saturated carbocycles. The van der Waals surface area contributed by atoms with Crippen LogP contribution in [0.15, 0.2) is 71.5 Å². The molecule has 0 saturated heterocycles. The highest BCUT2D eigenvalue weighted by molar-refractivity contribution is 7.99. The second-order valence-corrected chi connectivity index (χ2v) is 7.61. The first-order valence-electron chi connectivity index (χ1n) is 8.41. The molecule has 6 heteroatoms. The van der Waals surface area contributed by atoms with Gasteiger partial charge < -0.3 is 10.1 Å². The SMILES string of the molecule is C=CCSc1ccccc1NC(=O)Cc1csc(-c2ccc(OC)cc2)n1. The van der Waals surface area contributed by atoms with Crippen LogP contribution in [0.1, 0.15) is 5.69 Å². The van der Waals surface area contributed by atoms with Gasteiger partial charge in [0.15, 0.2) is 0 Å². The lowest BCUT2D eigenvalue weighted by Crippen LogP contribution is -2.15. The number of nitrogens with one attached hydrogen (secondary N) is 1. The molecule has 3 rings (SSSR count). The topological polar surface area (TPSA) is 51.2 Å². The highest BCUT2D eigenvalue weighted by atomic mass is 32.2. The van der Waals surface area contributed by atoms with Crippen LogP contribution in [-0.2, 0) is 11.2 Å². The van der Waals surface area contributed by atoms with Crippen LogP contribution < -0.4 is 10.1 Å². The maximum Gasteiger partial charge on any atom is 0.230 e. The molecule has 1 heterocycles. The fourth-order valence-electron chi connectivity index (χ4n) is 2.46. The summed E-state index contributed by atoms with van der Waals surface area (Å²) < 4.78 is 5.18. The van der Waals surface area contributed by atoms with Gasteiger partial charge in [0.2, 0.25) is 5.91 Å². The normalized spacial score (nSPS) is 10.4. The largest absolute Gasteiger partial charge is 0.497 e. The van der Waals surface area contributed by atoms with E-state index in [0.717, 1.165) is 38.4 Å². The molecule has 1 amide bonds. The Balaban J connectivity index is 1.65. The van der Waals surface area contributed by atoms with Crippen molar-refractivity contribution < 1.29 is 9.53 Å². The molecule has 0 bridgehead atoms. The average Bonchev–Trinajstić information content (AvgIpc) is 3.15. The number of ether oxygens (including phenoxy) is 1. The van der Waals surface area contributed by atoms with Gasteiger partial charge in [0, 0.05) is 21.6 Å². The zero-order valence-corrected chi connectivity index (χ0v) is 16.6. The Hall–Kier alpha value is -2.57. The van der Waals surface area contributed by atoms with Crippen molar-refractivity contribution in [3.05, 3.63) is 72.3 Å². The molecule has 138 valence electrons. The van der Waals surface area contributed by atoms with E-state index in [1.807, 2.05) is 60.0 Å². The van der Waals surface area contributed by atoms with Crippen LogP contribution >= 0.6 is 23.1 Å². The number of carbonyl (C=O) groups is 1. The average molecular weight is 397 g/mol. The van der Waals surface area contributed by atoms with E-state index in [9.17, 15) is 4.79 Å². The molecule has 0 fully saturated rings. The molecule has 27 heavy (non-hydrogen) atoms. The van der Waals surface area contributed by atoms with Gasteiger partial charge >= 0.3 is 0 Å². The van der Waals surface area contributed by atoms with Gasteiger partial charge in [0.05, 0.1) is 24.9 Å². The van der Waals surface area contributed by atoms with Crippen molar-refractivity contribution in [2.75, 3.05) is 18.2 Å². The summed E-state index contributed by atoms with van der Waals surface area (Å²) in [5, 5.41) is 5.81. The van der Waals surface area contributed by atoms with Crippen molar-refractivity contribution in [3.8, 4) is 16.3 Å². The number of carbonyl (C=O) groups excluding carboxylic acids is 1. The first-order chi connectivity index (χ1) is 13.2. The lowest BCUT2D eigenvalue weighted by Gasteiger charge is -2.09. The van der Waals surface area contributed by atoms with E-state index in [-0.39, 0.29) is 12.3 Å². The molecule has 2 aromatic carbocycles. The van der Waals surface area contributed by atoms with Gasteiger partial charge in [0.25, 0.3) is 0 Å². The van der Waals surface area contributed by atoms with Gasteiger partial charge in [-0.15, -0.1) is 29.7 Å². The van der Waals surface area contributed by atoms with Crippen LogP contribution in [0.5, 0.6) is 5.75 Å². The van der Waals surface area contributed by atoms with Gasteiger partial charge in [-0.2, -0.15) is 0 Å². The molecule has 1 aromatic heterocycles. The second-order valence-electron chi connectivity index (χ2n) is 5.69. The van der Waals surface area contributed by atoms with Crippen molar-refractivity contribution in [3.63, 3.8) is 0 Å². The molecule has 0 aliphatic rings. The maximum atomic E-state index is 12.4. The van der Waals surface area contributed by atoms with E-state index in [1.165, 1.54) is 11.3 Å². The van der Waals surface area contributed by atoms with E-state index in [2.05, 4.69) is 16.9 Å². The molecule has 0 spiro atoms. The number of para-hydroxylation sites is 1.